The summed E-state index contributed by atoms with van der Waals surface area (Å²) in [6.45, 7) is 0. The quantitative estimate of drug-likeness (QED) is 0.172. The standard InChI is InChI=1S/C52H39NO2/c1-2-15-34(16-3-1)38-24-11-17-35-18-12-26-43(50(35)38)40-21-4-7-29-46(40)53(47-30-14-28-45-42-23-6-9-32-49(42)55-52(45)47)37-20-10-19-36(33-37)39-25-13-27-44-41-22-5-8-31-48(41)54-51(39)44/h4-14,17-34H,1-3,15-16H2. The lowest BCUT2D eigenvalue weighted by atomic mass is 9.80. The Morgan fingerprint density at radius 3 is 1.84 bits per heavy atom. The van der Waals surface area contributed by atoms with Crippen LogP contribution in [0.25, 0.3) is 76.9 Å². The van der Waals surface area contributed by atoms with Crippen LogP contribution in [0.15, 0.2) is 179 Å². The highest BCUT2D eigenvalue weighted by atomic mass is 16.3. The van der Waals surface area contributed by atoms with E-state index in [0.29, 0.717) is 5.92 Å². The van der Waals surface area contributed by atoms with E-state index in [4.69, 9.17) is 8.83 Å². The van der Waals surface area contributed by atoms with Crippen molar-refractivity contribution in [1.82, 2.24) is 0 Å². The van der Waals surface area contributed by atoms with Crippen molar-refractivity contribution in [3.05, 3.63) is 175 Å². The molecule has 2 heterocycles. The van der Waals surface area contributed by atoms with Crippen molar-refractivity contribution in [2.45, 2.75) is 38.0 Å². The predicted molar refractivity (Wildman–Crippen MR) is 230 cm³/mol. The summed E-state index contributed by atoms with van der Waals surface area (Å²) in [6, 6.07) is 61.2. The van der Waals surface area contributed by atoms with E-state index in [1.165, 1.54) is 59.6 Å². The van der Waals surface area contributed by atoms with Crippen LogP contribution >= 0.6 is 0 Å². The first-order chi connectivity index (χ1) is 27.3. The summed E-state index contributed by atoms with van der Waals surface area (Å²) in [4.78, 5) is 2.41. The second-order valence-corrected chi connectivity index (χ2v) is 15.0. The largest absolute Gasteiger partial charge is 0.455 e. The van der Waals surface area contributed by atoms with Crippen molar-refractivity contribution in [3.63, 3.8) is 0 Å². The third-order valence-electron chi connectivity index (χ3n) is 11.9. The third-order valence-corrected chi connectivity index (χ3v) is 11.9. The summed E-state index contributed by atoms with van der Waals surface area (Å²) in [5.41, 5.74) is 12.8. The Kier molecular flexibility index (Phi) is 7.58. The number of para-hydroxylation sites is 5. The van der Waals surface area contributed by atoms with E-state index >= 15 is 0 Å². The summed E-state index contributed by atoms with van der Waals surface area (Å²) in [5.74, 6) is 0.573. The number of furan rings is 2. The van der Waals surface area contributed by atoms with Gasteiger partial charge in [-0.3, -0.25) is 0 Å². The van der Waals surface area contributed by atoms with Gasteiger partial charge >= 0.3 is 0 Å². The molecule has 0 bridgehead atoms. The van der Waals surface area contributed by atoms with Gasteiger partial charge in [-0.1, -0.05) is 153 Å². The molecule has 0 saturated heterocycles. The maximum absolute atomic E-state index is 6.77. The number of hydrogen-bond acceptors (Lipinski definition) is 3. The lowest BCUT2D eigenvalue weighted by Gasteiger charge is -2.29. The molecule has 3 nitrogen and oxygen atoms in total. The lowest BCUT2D eigenvalue weighted by Crippen LogP contribution is -2.12. The van der Waals surface area contributed by atoms with Crippen LogP contribution in [0.1, 0.15) is 43.6 Å². The van der Waals surface area contributed by atoms with Gasteiger partial charge in [-0.15, -0.1) is 0 Å². The van der Waals surface area contributed by atoms with E-state index in [2.05, 4.69) is 163 Å². The number of fused-ring (bicyclic) bond motifs is 7. The number of rotatable bonds is 6. The molecule has 3 heteroatoms. The maximum Gasteiger partial charge on any atom is 0.159 e. The van der Waals surface area contributed by atoms with Crippen molar-refractivity contribution in [3.8, 4) is 22.3 Å². The van der Waals surface area contributed by atoms with Crippen LogP contribution in [0.2, 0.25) is 0 Å². The minimum absolute atomic E-state index is 0.573. The molecule has 264 valence electrons. The van der Waals surface area contributed by atoms with Crippen LogP contribution in [0.3, 0.4) is 0 Å². The molecule has 11 rings (SSSR count). The predicted octanol–water partition coefficient (Wildman–Crippen LogP) is 15.5. The second kappa shape index (κ2) is 13.1. The van der Waals surface area contributed by atoms with Crippen molar-refractivity contribution in [1.29, 1.82) is 0 Å². The fraction of sp³-hybridized carbons (Fsp3) is 0.115. The van der Waals surface area contributed by atoms with Crippen LogP contribution < -0.4 is 4.90 Å². The molecule has 0 amide bonds. The Labute approximate surface area is 320 Å². The average Bonchev–Trinajstić information content (AvgIpc) is 3.83. The number of anilines is 3. The molecule has 0 atom stereocenters. The summed E-state index contributed by atoms with van der Waals surface area (Å²) in [5, 5.41) is 7.13. The Bertz CT molecular complexity index is 3040. The zero-order valence-electron chi connectivity index (χ0n) is 30.5. The van der Waals surface area contributed by atoms with E-state index in [1.807, 2.05) is 12.1 Å². The highest BCUT2D eigenvalue weighted by Gasteiger charge is 2.25. The van der Waals surface area contributed by atoms with E-state index in [-0.39, 0.29) is 0 Å². The van der Waals surface area contributed by atoms with Crippen molar-refractivity contribution in [2.24, 2.45) is 0 Å². The number of hydrogen-bond donors (Lipinski definition) is 0. The average molecular weight is 710 g/mol. The fourth-order valence-electron chi connectivity index (χ4n) is 9.35. The topological polar surface area (TPSA) is 29.5 Å². The van der Waals surface area contributed by atoms with E-state index < -0.39 is 0 Å². The van der Waals surface area contributed by atoms with E-state index in [9.17, 15) is 0 Å². The minimum Gasteiger partial charge on any atom is -0.455 e. The molecule has 1 aliphatic rings. The second-order valence-electron chi connectivity index (χ2n) is 15.0. The lowest BCUT2D eigenvalue weighted by molar-refractivity contribution is 0.445. The van der Waals surface area contributed by atoms with Crippen LogP contribution in [0, 0.1) is 0 Å². The van der Waals surface area contributed by atoms with Gasteiger partial charge in [0.25, 0.3) is 0 Å². The monoisotopic (exact) mass is 709 g/mol. The minimum atomic E-state index is 0.573. The number of nitrogens with zero attached hydrogens (tertiary/aromatic N) is 1. The van der Waals surface area contributed by atoms with E-state index in [1.54, 1.807) is 0 Å². The highest BCUT2D eigenvalue weighted by Crippen LogP contribution is 2.48. The SMILES string of the molecule is c1cc(-c2cccc3c2oc2ccccc23)cc(N(c2ccccc2-c2cccc3cccc(C4CCCCC4)c23)c2cccc3c2oc2ccccc23)c1. The fourth-order valence-corrected chi connectivity index (χ4v) is 9.35. The van der Waals surface area contributed by atoms with Crippen LogP contribution in [0.4, 0.5) is 17.1 Å². The molecular weight excluding hydrogens is 671 g/mol. The maximum atomic E-state index is 6.77. The Balaban J connectivity index is 1.17. The molecule has 8 aromatic carbocycles. The summed E-state index contributed by atoms with van der Waals surface area (Å²) in [6.07, 6.45) is 6.43. The Hall–Kier alpha value is -6.58. The molecule has 2 aromatic heterocycles. The number of benzene rings is 8. The summed E-state index contributed by atoms with van der Waals surface area (Å²) in [7, 11) is 0. The van der Waals surface area contributed by atoms with Gasteiger partial charge in [0, 0.05) is 38.4 Å². The first-order valence-corrected chi connectivity index (χ1v) is 19.6. The molecular formula is C52H39NO2. The normalized spacial score (nSPS) is 13.7. The van der Waals surface area contributed by atoms with Gasteiger partial charge in [0.1, 0.15) is 16.7 Å². The molecule has 0 N–H and O–H groups in total. The van der Waals surface area contributed by atoms with Gasteiger partial charge < -0.3 is 13.7 Å². The van der Waals surface area contributed by atoms with Crippen LogP contribution in [-0.2, 0) is 0 Å². The van der Waals surface area contributed by atoms with Gasteiger partial charge in [0.15, 0.2) is 5.58 Å². The van der Waals surface area contributed by atoms with Gasteiger partial charge in [0.2, 0.25) is 0 Å². The first kappa shape index (κ1) is 31.9. The van der Waals surface area contributed by atoms with Gasteiger partial charge in [-0.25, -0.2) is 0 Å². The molecule has 0 radical (unpaired) electrons. The molecule has 1 fully saturated rings. The smallest absolute Gasteiger partial charge is 0.159 e. The Morgan fingerprint density at radius 2 is 1.02 bits per heavy atom. The van der Waals surface area contributed by atoms with Gasteiger partial charge in [0.05, 0.1) is 11.4 Å². The molecule has 1 saturated carbocycles. The molecule has 55 heavy (non-hydrogen) atoms. The summed E-state index contributed by atoms with van der Waals surface area (Å²) >= 11 is 0. The molecule has 0 spiro atoms. The highest BCUT2D eigenvalue weighted by molar-refractivity contribution is 6.12. The Morgan fingerprint density at radius 1 is 0.436 bits per heavy atom. The van der Waals surface area contributed by atoms with E-state index in [0.717, 1.165) is 72.1 Å². The molecule has 0 aliphatic heterocycles. The first-order valence-electron chi connectivity index (χ1n) is 19.6. The summed E-state index contributed by atoms with van der Waals surface area (Å²) < 4.78 is 13.3. The molecule has 0 unspecified atom stereocenters. The van der Waals surface area contributed by atoms with Gasteiger partial charge in [-0.05, 0) is 82.6 Å². The molecule has 1 aliphatic carbocycles. The zero-order valence-corrected chi connectivity index (χ0v) is 30.5. The third kappa shape index (κ3) is 5.26. The van der Waals surface area contributed by atoms with Crippen molar-refractivity contribution >= 4 is 71.7 Å². The van der Waals surface area contributed by atoms with Crippen LogP contribution in [-0.4, -0.2) is 0 Å². The zero-order chi connectivity index (χ0) is 36.3. The van der Waals surface area contributed by atoms with Crippen molar-refractivity contribution < 1.29 is 8.83 Å². The van der Waals surface area contributed by atoms with Crippen LogP contribution in [0.5, 0.6) is 0 Å². The van der Waals surface area contributed by atoms with Gasteiger partial charge in [-0.2, -0.15) is 0 Å². The van der Waals surface area contributed by atoms with Crippen molar-refractivity contribution in [2.75, 3.05) is 4.90 Å². The molecule has 10 aromatic rings.